The van der Waals surface area contributed by atoms with Crippen molar-refractivity contribution < 1.29 is 17.9 Å². The Morgan fingerprint density at radius 3 is 2.33 bits per heavy atom. The molecule has 24 heavy (non-hydrogen) atoms. The Morgan fingerprint density at radius 1 is 1.25 bits per heavy atom. The SMILES string of the molecule is CCOC(=O)c1ccc(S(=O)(=O)N2CCC(CNC)CC2)cc1.Cl. The van der Waals surface area contributed by atoms with E-state index in [1.54, 1.807) is 6.92 Å². The minimum Gasteiger partial charge on any atom is -0.462 e. The number of carbonyl (C=O) groups is 1. The number of sulfonamides is 1. The fourth-order valence-electron chi connectivity index (χ4n) is 2.77. The van der Waals surface area contributed by atoms with Crippen molar-refractivity contribution >= 4 is 28.4 Å². The van der Waals surface area contributed by atoms with Crippen LogP contribution in [0.25, 0.3) is 0 Å². The number of hydrogen-bond acceptors (Lipinski definition) is 5. The standard InChI is InChI=1S/C16H24N2O4S.ClH/c1-3-22-16(19)14-4-6-15(7-5-14)23(20,21)18-10-8-13(9-11-18)12-17-2;/h4-7,13,17H,3,8-12H2,1-2H3;1H. The Hall–Kier alpha value is -1.15. The molecular formula is C16H25ClN2O4S. The van der Waals surface area contributed by atoms with Crippen LogP contribution in [0, 0.1) is 5.92 Å². The van der Waals surface area contributed by atoms with Crippen molar-refractivity contribution in [2.75, 3.05) is 33.3 Å². The second-order valence-corrected chi connectivity index (χ2v) is 7.59. The van der Waals surface area contributed by atoms with Crippen LogP contribution in [0.2, 0.25) is 0 Å². The molecule has 1 fully saturated rings. The molecule has 136 valence electrons. The summed E-state index contributed by atoms with van der Waals surface area (Å²) in [4.78, 5) is 11.8. The zero-order chi connectivity index (χ0) is 16.9. The lowest BCUT2D eigenvalue weighted by Crippen LogP contribution is -2.40. The van der Waals surface area contributed by atoms with Gasteiger partial charge in [0.2, 0.25) is 10.0 Å². The highest BCUT2D eigenvalue weighted by molar-refractivity contribution is 7.89. The third-order valence-corrected chi connectivity index (χ3v) is 5.98. The molecule has 1 saturated heterocycles. The summed E-state index contributed by atoms with van der Waals surface area (Å²) < 4.78 is 31.7. The summed E-state index contributed by atoms with van der Waals surface area (Å²) in [7, 11) is -1.58. The minimum atomic E-state index is -3.49. The van der Waals surface area contributed by atoms with E-state index in [-0.39, 0.29) is 17.3 Å². The quantitative estimate of drug-likeness (QED) is 0.767. The molecular weight excluding hydrogens is 352 g/mol. The molecule has 1 aromatic rings. The first kappa shape index (κ1) is 20.9. The van der Waals surface area contributed by atoms with Gasteiger partial charge in [0.1, 0.15) is 0 Å². The van der Waals surface area contributed by atoms with Gasteiger partial charge in [0.05, 0.1) is 17.1 Å². The van der Waals surface area contributed by atoms with Crippen molar-refractivity contribution in [3.05, 3.63) is 29.8 Å². The lowest BCUT2D eigenvalue weighted by atomic mass is 9.98. The van der Waals surface area contributed by atoms with Gasteiger partial charge in [-0.3, -0.25) is 0 Å². The van der Waals surface area contributed by atoms with Crippen molar-refractivity contribution in [3.63, 3.8) is 0 Å². The highest BCUT2D eigenvalue weighted by Crippen LogP contribution is 2.23. The van der Waals surface area contributed by atoms with Gasteiger partial charge >= 0.3 is 5.97 Å². The molecule has 1 aromatic carbocycles. The van der Waals surface area contributed by atoms with Crippen LogP contribution in [0.15, 0.2) is 29.2 Å². The number of ether oxygens (including phenoxy) is 1. The average Bonchev–Trinajstić information content (AvgIpc) is 2.56. The Kier molecular flexibility index (Phi) is 8.15. The molecule has 0 atom stereocenters. The highest BCUT2D eigenvalue weighted by Gasteiger charge is 2.29. The number of benzene rings is 1. The summed E-state index contributed by atoms with van der Waals surface area (Å²) in [6.07, 6.45) is 1.72. The zero-order valence-corrected chi connectivity index (χ0v) is 15.7. The van der Waals surface area contributed by atoms with Crippen LogP contribution < -0.4 is 5.32 Å². The topological polar surface area (TPSA) is 75.7 Å². The number of nitrogens with zero attached hydrogens (tertiary/aromatic N) is 1. The Labute approximate surface area is 150 Å². The summed E-state index contributed by atoms with van der Waals surface area (Å²) >= 11 is 0. The average molecular weight is 377 g/mol. The summed E-state index contributed by atoms with van der Waals surface area (Å²) in [5, 5.41) is 3.14. The number of nitrogens with one attached hydrogen (secondary N) is 1. The molecule has 1 N–H and O–H groups in total. The van der Waals surface area contributed by atoms with Gasteiger partial charge < -0.3 is 10.1 Å². The van der Waals surface area contributed by atoms with Crippen molar-refractivity contribution in [3.8, 4) is 0 Å². The molecule has 8 heteroatoms. The molecule has 1 aliphatic rings. The van der Waals surface area contributed by atoms with Crippen LogP contribution >= 0.6 is 12.4 Å². The molecule has 0 aliphatic carbocycles. The first-order valence-corrected chi connectivity index (χ1v) is 9.35. The van der Waals surface area contributed by atoms with E-state index in [4.69, 9.17) is 4.74 Å². The number of halogens is 1. The Balaban J connectivity index is 0.00000288. The molecule has 2 rings (SSSR count). The first-order valence-electron chi connectivity index (χ1n) is 7.91. The van der Waals surface area contributed by atoms with Crippen molar-refractivity contribution in [2.24, 2.45) is 5.92 Å². The van der Waals surface area contributed by atoms with Gasteiger partial charge in [0.15, 0.2) is 0 Å². The molecule has 0 amide bonds. The number of esters is 1. The predicted molar refractivity (Wildman–Crippen MR) is 95.1 cm³/mol. The smallest absolute Gasteiger partial charge is 0.338 e. The Morgan fingerprint density at radius 2 is 1.83 bits per heavy atom. The maximum Gasteiger partial charge on any atom is 0.338 e. The lowest BCUT2D eigenvalue weighted by Gasteiger charge is -2.31. The van der Waals surface area contributed by atoms with Gasteiger partial charge in [-0.25, -0.2) is 13.2 Å². The number of rotatable bonds is 6. The molecule has 0 spiro atoms. The summed E-state index contributed by atoms with van der Waals surface area (Å²) in [6.45, 7) is 4.01. The van der Waals surface area contributed by atoms with E-state index in [0.717, 1.165) is 19.4 Å². The highest BCUT2D eigenvalue weighted by atomic mass is 35.5. The number of hydrogen-bond donors (Lipinski definition) is 1. The molecule has 0 bridgehead atoms. The van der Waals surface area contributed by atoms with Gasteiger partial charge in [-0.2, -0.15) is 4.31 Å². The first-order chi connectivity index (χ1) is 11.0. The maximum atomic E-state index is 12.7. The van der Waals surface area contributed by atoms with Gasteiger partial charge in [-0.05, 0) is 63.5 Å². The van der Waals surface area contributed by atoms with Crippen LogP contribution in [-0.2, 0) is 14.8 Å². The second kappa shape index (κ2) is 9.36. The molecule has 0 aromatic heterocycles. The Bertz CT molecular complexity index is 626. The number of carbonyl (C=O) groups excluding carboxylic acids is 1. The van der Waals surface area contributed by atoms with Crippen LogP contribution in [-0.4, -0.2) is 52.0 Å². The summed E-state index contributed by atoms with van der Waals surface area (Å²) in [5.41, 5.74) is 0.360. The van der Waals surface area contributed by atoms with E-state index in [1.807, 2.05) is 7.05 Å². The van der Waals surface area contributed by atoms with Gasteiger partial charge in [0, 0.05) is 13.1 Å². The van der Waals surface area contributed by atoms with Crippen LogP contribution in [0.3, 0.4) is 0 Å². The van der Waals surface area contributed by atoms with Gasteiger partial charge in [-0.1, -0.05) is 0 Å². The summed E-state index contributed by atoms with van der Waals surface area (Å²) in [6, 6.07) is 5.94. The van der Waals surface area contributed by atoms with Crippen LogP contribution in [0.4, 0.5) is 0 Å². The molecule has 0 radical (unpaired) electrons. The molecule has 0 saturated carbocycles. The minimum absolute atomic E-state index is 0. The fourth-order valence-corrected chi connectivity index (χ4v) is 4.24. The molecule has 1 aliphatic heterocycles. The fraction of sp³-hybridized carbons (Fsp3) is 0.562. The van der Waals surface area contributed by atoms with E-state index < -0.39 is 16.0 Å². The van der Waals surface area contributed by atoms with Crippen molar-refractivity contribution in [1.29, 1.82) is 0 Å². The largest absolute Gasteiger partial charge is 0.462 e. The molecule has 0 unspecified atom stereocenters. The van der Waals surface area contributed by atoms with Crippen molar-refractivity contribution in [2.45, 2.75) is 24.7 Å². The monoisotopic (exact) mass is 376 g/mol. The zero-order valence-electron chi connectivity index (χ0n) is 14.0. The van der Waals surface area contributed by atoms with Gasteiger partial charge in [0.25, 0.3) is 0 Å². The third kappa shape index (κ3) is 4.92. The van der Waals surface area contributed by atoms with Crippen LogP contribution in [0.1, 0.15) is 30.1 Å². The maximum absolute atomic E-state index is 12.7. The molecule has 1 heterocycles. The van der Waals surface area contributed by atoms with E-state index in [0.29, 0.717) is 31.2 Å². The summed E-state index contributed by atoms with van der Waals surface area (Å²) in [5.74, 6) is 0.0852. The number of piperidine rings is 1. The van der Waals surface area contributed by atoms with E-state index >= 15 is 0 Å². The van der Waals surface area contributed by atoms with Gasteiger partial charge in [-0.15, -0.1) is 12.4 Å². The molecule has 6 nitrogen and oxygen atoms in total. The predicted octanol–water partition coefficient (Wildman–Crippen LogP) is 1.91. The normalized spacial score (nSPS) is 16.4. The second-order valence-electron chi connectivity index (χ2n) is 5.65. The van der Waals surface area contributed by atoms with E-state index in [1.165, 1.54) is 28.6 Å². The van der Waals surface area contributed by atoms with Crippen LogP contribution in [0.5, 0.6) is 0 Å². The lowest BCUT2D eigenvalue weighted by molar-refractivity contribution is 0.0526. The van der Waals surface area contributed by atoms with Crippen molar-refractivity contribution in [1.82, 2.24) is 9.62 Å². The third-order valence-electron chi connectivity index (χ3n) is 4.07. The van der Waals surface area contributed by atoms with E-state index in [2.05, 4.69) is 5.32 Å². The van der Waals surface area contributed by atoms with E-state index in [9.17, 15) is 13.2 Å².